The molecular formula is C26H19F2N5O2S. The maximum Gasteiger partial charge on any atom is 0.264 e. The first kappa shape index (κ1) is 23.3. The molecule has 0 fully saturated rings. The molecule has 0 unspecified atom stereocenters. The molecule has 0 radical (unpaired) electrons. The quantitative estimate of drug-likeness (QED) is 0.341. The fourth-order valence-corrected chi connectivity index (χ4v) is 4.97. The Kier molecular flexibility index (Phi) is 6.03. The summed E-state index contributed by atoms with van der Waals surface area (Å²) in [6.45, 7) is 0. The smallest absolute Gasteiger partial charge is 0.264 e. The maximum absolute atomic E-state index is 14.0. The van der Waals surface area contributed by atoms with E-state index < -0.39 is 26.6 Å². The summed E-state index contributed by atoms with van der Waals surface area (Å²) < 4.78 is 56.4. The number of aromatic nitrogens is 4. The van der Waals surface area contributed by atoms with Crippen LogP contribution in [0, 0.1) is 11.6 Å². The van der Waals surface area contributed by atoms with Gasteiger partial charge in [0.15, 0.2) is 0 Å². The first-order valence-electron chi connectivity index (χ1n) is 10.8. The van der Waals surface area contributed by atoms with Crippen molar-refractivity contribution >= 4 is 38.8 Å². The van der Waals surface area contributed by atoms with Crippen molar-refractivity contribution in [2.24, 2.45) is 7.05 Å². The van der Waals surface area contributed by atoms with Crippen LogP contribution in [0.1, 0.15) is 11.1 Å². The molecular weight excluding hydrogens is 484 g/mol. The standard InChI is InChI=1S/C26H19F2N5O2S/c1-33-26(19-8-10-29-11-9-19)22-13-17(4-6-24(22)31-33)2-3-18-12-21(16-30-15-18)32-36(34,35)25-7-5-20(27)14-23(25)28/h2-16,32H,1H3/b3-2+. The van der Waals surface area contributed by atoms with Crippen molar-refractivity contribution in [2.75, 3.05) is 4.72 Å². The van der Waals surface area contributed by atoms with E-state index in [1.807, 2.05) is 48.1 Å². The van der Waals surface area contributed by atoms with Gasteiger partial charge in [-0.2, -0.15) is 5.10 Å². The van der Waals surface area contributed by atoms with E-state index in [4.69, 9.17) is 0 Å². The van der Waals surface area contributed by atoms with E-state index in [9.17, 15) is 17.2 Å². The van der Waals surface area contributed by atoms with Gasteiger partial charge in [0.2, 0.25) is 0 Å². The first-order chi connectivity index (χ1) is 17.3. The summed E-state index contributed by atoms with van der Waals surface area (Å²) in [7, 11) is -2.38. The fraction of sp³-hybridized carbons (Fsp3) is 0.0385. The summed E-state index contributed by atoms with van der Waals surface area (Å²) in [5.74, 6) is -2.04. The average molecular weight is 504 g/mol. The zero-order valence-electron chi connectivity index (χ0n) is 18.9. The van der Waals surface area contributed by atoms with Crippen molar-refractivity contribution in [1.82, 2.24) is 19.7 Å². The minimum Gasteiger partial charge on any atom is -0.278 e. The van der Waals surface area contributed by atoms with Crippen LogP contribution in [0.25, 0.3) is 34.3 Å². The number of halogens is 2. The Hall–Kier alpha value is -4.44. The molecule has 0 aliphatic heterocycles. The lowest BCUT2D eigenvalue weighted by atomic mass is 10.1. The van der Waals surface area contributed by atoms with Gasteiger partial charge in [0.1, 0.15) is 16.5 Å². The van der Waals surface area contributed by atoms with Gasteiger partial charge in [0, 0.05) is 42.7 Å². The summed E-state index contributed by atoms with van der Waals surface area (Å²) >= 11 is 0. The van der Waals surface area contributed by atoms with Crippen molar-refractivity contribution in [2.45, 2.75) is 4.90 Å². The van der Waals surface area contributed by atoms with E-state index in [-0.39, 0.29) is 5.69 Å². The van der Waals surface area contributed by atoms with Crippen molar-refractivity contribution in [1.29, 1.82) is 0 Å². The third-order valence-electron chi connectivity index (χ3n) is 5.47. The van der Waals surface area contributed by atoms with Crippen molar-refractivity contribution in [3.8, 4) is 11.3 Å². The van der Waals surface area contributed by atoms with Gasteiger partial charge < -0.3 is 0 Å². The number of nitrogens with one attached hydrogen (secondary N) is 1. The molecule has 10 heteroatoms. The molecule has 1 N–H and O–H groups in total. The predicted molar refractivity (Wildman–Crippen MR) is 134 cm³/mol. The van der Waals surface area contributed by atoms with E-state index in [0.717, 1.165) is 39.9 Å². The van der Waals surface area contributed by atoms with Gasteiger partial charge in [-0.1, -0.05) is 18.2 Å². The molecule has 36 heavy (non-hydrogen) atoms. The molecule has 3 heterocycles. The highest BCUT2D eigenvalue weighted by atomic mass is 32.2. The molecule has 0 amide bonds. The molecule has 0 aliphatic carbocycles. The number of rotatable bonds is 6. The largest absolute Gasteiger partial charge is 0.278 e. The monoisotopic (exact) mass is 503 g/mol. The zero-order chi connectivity index (χ0) is 25.3. The minimum absolute atomic E-state index is 0.142. The Balaban J connectivity index is 1.41. The summed E-state index contributed by atoms with van der Waals surface area (Å²) in [4.78, 5) is 7.49. The van der Waals surface area contributed by atoms with E-state index in [1.54, 1.807) is 30.7 Å². The number of nitrogens with zero attached hydrogens (tertiary/aromatic N) is 4. The number of hydrogen-bond acceptors (Lipinski definition) is 5. The molecule has 5 aromatic rings. The fourth-order valence-electron chi connectivity index (χ4n) is 3.87. The molecule has 180 valence electrons. The molecule has 0 atom stereocenters. The molecule has 5 rings (SSSR count). The summed E-state index contributed by atoms with van der Waals surface area (Å²) in [6, 6.07) is 13.6. The summed E-state index contributed by atoms with van der Waals surface area (Å²) in [6.07, 6.45) is 9.99. The lowest BCUT2D eigenvalue weighted by Gasteiger charge is -2.09. The molecule has 2 aromatic carbocycles. The number of fused-ring (bicyclic) bond motifs is 1. The molecule has 3 aromatic heterocycles. The van der Waals surface area contributed by atoms with Crippen LogP contribution >= 0.6 is 0 Å². The summed E-state index contributed by atoms with van der Waals surface area (Å²) in [5, 5.41) is 5.56. The van der Waals surface area contributed by atoms with Gasteiger partial charge in [-0.3, -0.25) is 19.4 Å². The lowest BCUT2D eigenvalue weighted by molar-refractivity contribution is 0.551. The van der Waals surface area contributed by atoms with Crippen molar-refractivity contribution < 1.29 is 17.2 Å². The van der Waals surface area contributed by atoms with Gasteiger partial charge in [-0.25, -0.2) is 17.2 Å². The molecule has 0 spiro atoms. The minimum atomic E-state index is -4.27. The Morgan fingerprint density at radius 1 is 0.889 bits per heavy atom. The van der Waals surface area contributed by atoms with E-state index in [1.165, 1.54) is 6.20 Å². The molecule has 0 bridgehead atoms. The first-order valence-corrected chi connectivity index (χ1v) is 12.3. The topological polar surface area (TPSA) is 89.8 Å². The second kappa shape index (κ2) is 9.31. The van der Waals surface area contributed by atoms with Crippen LogP contribution in [-0.2, 0) is 17.1 Å². The van der Waals surface area contributed by atoms with Gasteiger partial charge in [-0.15, -0.1) is 0 Å². The van der Waals surface area contributed by atoms with Crippen molar-refractivity contribution in [3.05, 3.63) is 102 Å². The Morgan fingerprint density at radius 3 is 2.44 bits per heavy atom. The molecule has 0 saturated heterocycles. The van der Waals surface area contributed by atoms with E-state index in [2.05, 4.69) is 19.8 Å². The van der Waals surface area contributed by atoms with Crippen molar-refractivity contribution in [3.63, 3.8) is 0 Å². The molecule has 0 saturated carbocycles. The average Bonchev–Trinajstić information content (AvgIpc) is 3.18. The third kappa shape index (κ3) is 4.71. The van der Waals surface area contributed by atoms with Crippen LogP contribution in [0.5, 0.6) is 0 Å². The highest BCUT2D eigenvalue weighted by molar-refractivity contribution is 7.92. The van der Waals surface area contributed by atoms with Gasteiger partial charge in [0.05, 0.1) is 23.1 Å². The van der Waals surface area contributed by atoms with Gasteiger partial charge >= 0.3 is 0 Å². The predicted octanol–water partition coefficient (Wildman–Crippen LogP) is 5.28. The van der Waals surface area contributed by atoms with Gasteiger partial charge in [0.25, 0.3) is 10.0 Å². The van der Waals surface area contributed by atoms with Crippen LogP contribution in [0.3, 0.4) is 0 Å². The number of sulfonamides is 1. The zero-order valence-corrected chi connectivity index (χ0v) is 19.7. The Bertz CT molecular complexity index is 1720. The van der Waals surface area contributed by atoms with E-state index >= 15 is 0 Å². The highest BCUT2D eigenvalue weighted by Crippen LogP contribution is 2.29. The van der Waals surface area contributed by atoms with Crippen LogP contribution in [0.2, 0.25) is 0 Å². The highest BCUT2D eigenvalue weighted by Gasteiger charge is 2.20. The number of aryl methyl sites for hydroxylation is 1. The molecule has 0 aliphatic rings. The number of hydrogen-bond donors (Lipinski definition) is 1. The van der Waals surface area contributed by atoms with Crippen LogP contribution in [0.4, 0.5) is 14.5 Å². The second-order valence-electron chi connectivity index (χ2n) is 8.01. The second-order valence-corrected chi connectivity index (χ2v) is 9.66. The Labute approximate surface area is 205 Å². The van der Waals surface area contributed by atoms with Crippen LogP contribution in [-0.4, -0.2) is 28.2 Å². The third-order valence-corrected chi connectivity index (χ3v) is 6.89. The normalized spacial score (nSPS) is 11.9. The SMILES string of the molecule is Cn1nc2ccc(/C=C/c3cncc(NS(=O)(=O)c4ccc(F)cc4F)c3)cc2c1-c1ccncc1. The van der Waals surface area contributed by atoms with E-state index in [0.29, 0.717) is 11.6 Å². The number of pyridine rings is 2. The van der Waals surface area contributed by atoms with Crippen LogP contribution < -0.4 is 4.72 Å². The number of benzene rings is 2. The van der Waals surface area contributed by atoms with Gasteiger partial charge in [-0.05, 0) is 53.6 Å². The maximum atomic E-state index is 14.0. The summed E-state index contributed by atoms with van der Waals surface area (Å²) in [5.41, 5.74) is 4.49. The molecule has 7 nitrogen and oxygen atoms in total. The Morgan fingerprint density at radius 2 is 1.67 bits per heavy atom. The van der Waals surface area contributed by atoms with Crippen LogP contribution in [0.15, 0.2) is 84.3 Å². The number of anilines is 1. The lowest BCUT2D eigenvalue weighted by Crippen LogP contribution is -2.15.